The number of hydrogen-bond acceptors (Lipinski definition) is 7. The molecule has 9 nitrogen and oxygen atoms in total. The summed E-state index contributed by atoms with van der Waals surface area (Å²) in [5.74, 6) is -0.850. The van der Waals surface area contributed by atoms with Crippen LogP contribution in [0.4, 0.5) is 0 Å². The van der Waals surface area contributed by atoms with Crippen LogP contribution >= 0.6 is 0 Å². The van der Waals surface area contributed by atoms with Crippen LogP contribution in [-0.4, -0.2) is 82.0 Å². The lowest BCUT2D eigenvalue weighted by Gasteiger charge is -2.29. The molecule has 2 fully saturated rings. The number of benzene rings is 1. The number of nitrogens with zero attached hydrogens (tertiary/aromatic N) is 4. The number of pyridine rings is 1. The van der Waals surface area contributed by atoms with E-state index in [2.05, 4.69) is 9.88 Å². The van der Waals surface area contributed by atoms with Crippen molar-refractivity contribution in [3.8, 4) is 5.75 Å². The van der Waals surface area contributed by atoms with E-state index in [1.54, 1.807) is 4.90 Å². The third-order valence-electron chi connectivity index (χ3n) is 7.33. The number of aliphatic hydroxyl groups excluding tert-OH is 1. The Morgan fingerprint density at radius 2 is 1.84 bits per heavy atom. The van der Waals surface area contributed by atoms with Gasteiger partial charge >= 0.3 is 0 Å². The van der Waals surface area contributed by atoms with Gasteiger partial charge in [0, 0.05) is 32.4 Å². The van der Waals surface area contributed by atoms with E-state index in [4.69, 9.17) is 9.47 Å². The van der Waals surface area contributed by atoms with Crippen molar-refractivity contribution in [2.75, 3.05) is 46.0 Å². The van der Waals surface area contributed by atoms with Gasteiger partial charge in [-0.3, -0.25) is 14.5 Å². The van der Waals surface area contributed by atoms with Crippen LogP contribution in [0.5, 0.6) is 5.75 Å². The molecule has 9 heteroatoms. The number of carbonyl (C=O) groups is 2. The second-order valence-corrected chi connectivity index (χ2v) is 9.73. The summed E-state index contributed by atoms with van der Waals surface area (Å²) in [5, 5.41) is 11.6. The van der Waals surface area contributed by atoms with Crippen molar-refractivity contribution in [1.29, 1.82) is 0 Å². The lowest BCUT2D eigenvalue weighted by Crippen LogP contribution is -2.38. The van der Waals surface area contributed by atoms with Crippen molar-refractivity contribution in [3.63, 3.8) is 0 Å². The second kappa shape index (κ2) is 11.0. The molecule has 200 valence electrons. The largest absolute Gasteiger partial charge is 0.505 e. The molecule has 1 atom stereocenters. The van der Waals surface area contributed by atoms with E-state index >= 15 is 0 Å². The quantitative estimate of drug-likeness (QED) is 0.277. The van der Waals surface area contributed by atoms with Crippen LogP contribution in [0.3, 0.4) is 0 Å². The Bertz CT molecular complexity index is 1370. The highest BCUT2D eigenvalue weighted by Gasteiger charge is 2.46. The molecule has 0 radical (unpaired) electrons. The number of amides is 1. The van der Waals surface area contributed by atoms with Crippen LogP contribution in [0, 0.1) is 13.8 Å². The number of imidazole rings is 1. The molecule has 1 amide bonds. The number of Topliss-reactive ketones (excluding diaryl/α,β-unsaturated/α-hetero) is 1. The first kappa shape index (κ1) is 25.9. The zero-order valence-electron chi connectivity index (χ0n) is 22.1. The Balaban J connectivity index is 1.54. The van der Waals surface area contributed by atoms with Gasteiger partial charge in [0.25, 0.3) is 11.7 Å². The van der Waals surface area contributed by atoms with Gasteiger partial charge in [-0.15, -0.1) is 0 Å². The van der Waals surface area contributed by atoms with E-state index < -0.39 is 17.7 Å². The summed E-state index contributed by atoms with van der Waals surface area (Å²) in [6.07, 6.45) is 2.57. The smallest absolute Gasteiger partial charge is 0.295 e. The zero-order valence-corrected chi connectivity index (χ0v) is 22.1. The first-order valence-corrected chi connectivity index (χ1v) is 13.2. The fraction of sp³-hybridized carbons (Fsp3) is 0.414. The Labute approximate surface area is 222 Å². The minimum Gasteiger partial charge on any atom is -0.505 e. The molecule has 2 saturated heterocycles. The molecule has 2 aliphatic heterocycles. The zero-order chi connectivity index (χ0) is 26.8. The number of aryl methyl sites for hydroxylation is 2. The number of carbonyl (C=O) groups excluding carboxylic acids is 2. The molecule has 0 saturated carbocycles. The van der Waals surface area contributed by atoms with Gasteiger partial charge in [0.1, 0.15) is 17.1 Å². The number of rotatable bonds is 8. The molecular weight excluding hydrogens is 484 g/mol. The Kier molecular flexibility index (Phi) is 7.49. The maximum Gasteiger partial charge on any atom is 0.295 e. The van der Waals surface area contributed by atoms with E-state index in [1.165, 1.54) is 0 Å². The van der Waals surface area contributed by atoms with E-state index in [9.17, 15) is 14.7 Å². The lowest BCUT2D eigenvalue weighted by atomic mass is 9.96. The number of aliphatic hydroxyl groups is 1. The first-order valence-electron chi connectivity index (χ1n) is 13.2. The molecule has 38 heavy (non-hydrogen) atoms. The van der Waals surface area contributed by atoms with Gasteiger partial charge in [0.05, 0.1) is 37.1 Å². The molecule has 5 rings (SSSR count). The summed E-state index contributed by atoms with van der Waals surface area (Å²) in [4.78, 5) is 35.3. The van der Waals surface area contributed by atoms with Crippen LogP contribution in [-0.2, 0) is 14.3 Å². The highest BCUT2D eigenvalue weighted by molar-refractivity contribution is 6.46. The van der Waals surface area contributed by atoms with E-state index in [0.29, 0.717) is 55.6 Å². The number of likely N-dealkylation sites (tertiary alicyclic amines) is 1. The first-order chi connectivity index (χ1) is 18.4. The summed E-state index contributed by atoms with van der Waals surface area (Å²) >= 11 is 0. The minimum atomic E-state index is -0.722. The summed E-state index contributed by atoms with van der Waals surface area (Å²) in [5.41, 5.74) is 3.45. The third kappa shape index (κ3) is 4.79. The SMILES string of the molecule is CCOc1ccc(C2/C(=C(\O)c3nc4c(C)cccn4c3C)C(=O)C(=O)N2CCCN2CCOCC2)cc1. The number of ether oxygens (including phenoxy) is 2. The molecule has 3 aromatic rings. The normalized spacial score (nSPS) is 20.0. The Hall–Kier alpha value is -3.69. The predicted molar refractivity (Wildman–Crippen MR) is 143 cm³/mol. The van der Waals surface area contributed by atoms with Crippen LogP contribution in [0.25, 0.3) is 11.4 Å². The monoisotopic (exact) mass is 518 g/mol. The molecule has 0 aliphatic carbocycles. The van der Waals surface area contributed by atoms with Gasteiger partial charge in [-0.25, -0.2) is 4.98 Å². The molecule has 4 heterocycles. The maximum atomic E-state index is 13.4. The predicted octanol–water partition coefficient (Wildman–Crippen LogP) is 3.49. The Morgan fingerprint density at radius 1 is 1.11 bits per heavy atom. The van der Waals surface area contributed by atoms with Gasteiger partial charge in [-0.2, -0.15) is 0 Å². The fourth-order valence-corrected chi connectivity index (χ4v) is 5.33. The molecule has 1 N–H and O–H groups in total. The second-order valence-electron chi connectivity index (χ2n) is 9.73. The maximum absolute atomic E-state index is 13.4. The number of hydrogen-bond donors (Lipinski definition) is 1. The topological polar surface area (TPSA) is 96.6 Å². The number of ketones is 1. The average molecular weight is 519 g/mol. The van der Waals surface area contributed by atoms with Gasteiger partial charge in [0.2, 0.25) is 0 Å². The van der Waals surface area contributed by atoms with Crippen LogP contribution in [0.15, 0.2) is 48.2 Å². The van der Waals surface area contributed by atoms with E-state index in [0.717, 1.165) is 30.8 Å². The molecule has 0 bridgehead atoms. The van der Waals surface area contributed by atoms with Crippen molar-refractivity contribution in [3.05, 3.63) is 70.7 Å². The van der Waals surface area contributed by atoms with Crippen molar-refractivity contribution < 1.29 is 24.2 Å². The lowest BCUT2D eigenvalue weighted by molar-refractivity contribution is -0.140. The van der Waals surface area contributed by atoms with Gasteiger partial charge in [0.15, 0.2) is 5.76 Å². The Morgan fingerprint density at radius 3 is 2.53 bits per heavy atom. The number of aromatic nitrogens is 2. The molecular formula is C29H34N4O5. The molecule has 2 aromatic heterocycles. The van der Waals surface area contributed by atoms with Gasteiger partial charge < -0.3 is 23.9 Å². The number of morpholine rings is 1. The summed E-state index contributed by atoms with van der Waals surface area (Å²) in [6.45, 7) is 10.5. The standard InChI is InChI=1S/C29H34N4O5/c1-4-38-22-10-8-21(9-11-22)25-23(26(34)24-20(3)32-13-5-7-19(2)28(32)30-24)27(35)29(36)33(25)14-6-12-31-15-17-37-18-16-31/h5,7-11,13,25,34H,4,6,12,14-18H2,1-3H3/b26-23+. The highest BCUT2D eigenvalue weighted by Crippen LogP contribution is 2.40. The highest BCUT2D eigenvalue weighted by atomic mass is 16.5. The van der Waals surface area contributed by atoms with Crippen LogP contribution in [0.2, 0.25) is 0 Å². The van der Waals surface area contributed by atoms with E-state index in [-0.39, 0.29) is 11.3 Å². The summed E-state index contributed by atoms with van der Waals surface area (Å²) < 4.78 is 12.9. The molecule has 1 unspecified atom stereocenters. The minimum absolute atomic E-state index is 0.0645. The van der Waals surface area contributed by atoms with Gasteiger partial charge in [-0.1, -0.05) is 18.2 Å². The van der Waals surface area contributed by atoms with Crippen molar-refractivity contribution in [1.82, 2.24) is 19.2 Å². The van der Waals surface area contributed by atoms with Crippen molar-refractivity contribution in [2.45, 2.75) is 33.2 Å². The molecule has 1 aromatic carbocycles. The van der Waals surface area contributed by atoms with Gasteiger partial charge in [-0.05, 0) is 56.5 Å². The molecule has 0 spiro atoms. The average Bonchev–Trinajstić information content (AvgIpc) is 3.40. The fourth-order valence-electron chi connectivity index (χ4n) is 5.33. The summed E-state index contributed by atoms with van der Waals surface area (Å²) in [6, 6.07) is 10.5. The van der Waals surface area contributed by atoms with Crippen molar-refractivity contribution >= 4 is 23.1 Å². The van der Waals surface area contributed by atoms with Crippen molar-refractivity contribution in [2.24, 2.45) is 0 Å². The number of fused-ring (bicyclic) bond motifs is 1. The van der Waals surface area contributed by atoms with E-state index in [1.807, 2.05) is 67.8 Å². The third-order valence-corrected chi connectivity index (χ3v) is 7.33. The summed E-state index contributed by atoms with van der Waals surface area (Å²) in [7, 11) is 0. The van der Waals surface area contributed by atoms with Crippen LogP contribution < -0.4 is 4.74 Å². The molecule has 2 aliphatic rings. The van der Waals surface area contributed by atoms with Crippen LogP contribution in [0.1, 0.15) is 41.9 Å².